The number of alkyl halides is 3. The number of nitrogens with one attached hydrogen (secondary N) is 1. The van der Waals surface area contributed by atoms with Crippen molar-refractivity contribution in [2.24, 2.45) is 5.92 Å². The van der Waals surface area contributed by atoms with Gasteiger partial charge >= 0.3 is 6.18 Å². The topological polar surface area (TPSA) is 86.3 Å². The van der Waals surface area contributed by atoms with Crippen LogP contribution in [0.4, 0.5) is 13.2 Å². The van der Waals surface area contributed by atoms with Gasteiger partial charge in [0.25, 0.3) is 0 Å². The van der Waals surface area contributed by atoms with Crippen molar-refractivity contribution in [3.05, 3.63) is 58.2 Å². The molecular formula is C23H20Cl2F3N3O3S. The van der Waals surface area contributed by atoms with Gasteiger partial charge in [-0.1, -0.05) is 36.2 Å². The molecule has 2 atom stereocenters. The molecule has 2 unspecified atom stereocenters. The number of fused-ring (bicyclic) bond motifs is 2. The van der Waals surface area contributed by atoms with E-state index in [2.05, 4.69) is 9.97 Å². The Morgan fingerprint density at radius 1 is 1.06 bits per heavy atom. The van der Waals surface area contributed by atoms with Crippen molar-refractivity contribution in [2.75, 3.05) is 0 Å². The lowest BCUT2D eigenvalue weighted by Gasteiger charge is -2.57. The number of aromatic amines is 1. The molecule has 0 radical (unpaired) electrons. The van der Waals surface area contributed by atoms with E-state index in [1.165, 1.54) is 28.7 Å². The van der Waals surface area contributed by atoms with Crippen LogP contribution in [0.15, 0.2) is 47.5 Å². The van der Waals surface area contributed by atoms with Gasteiger partial charge in [0, 0.05) is 23.2 Å². The van der Waals surface area contributed by atoms with Gasteiger partial charge < -0.3 is 10.1 Å². The molecule has 1 aromatic heterocycles. The molecule has 5 rings (SSSR count). The third-order valence-corrected chi connectivity index (χ3v) is 9.57. The van der Waals surface area contributed by atoms with Gasteiger partial charge in [-0.25, -0.2) is 13.4 Å². The first kappa shape index (κ1) is 24.6. The fraction of sp³-hybridized carbons (Fsp3) is 0.348. The van der Waals surface area contributed by atoms with Crippen molar-refractivity contribution in [1.82, 2.24) is 14.3 Å². The van der Waals surface area contributed by atoms with Crippen LogP contribution in [-0.2, 0) is 16.2 Å². The normalized spacial score (nSPS) is 24.9. The number of sulfonamides is 1. The predicted octanol–water partition coefficient (Wildman–Crippen LogP) is 5.60. The number of nitrogens with zero attached hydrogens (tertiary/aromatic N) is 2. The second kappa shape index (κ2) is 8.48. The third kappa shape index (κ3) is 4.15. The summed E-state index contributed by atoms with van der Waals surface area (Å²) in [6.07, 6.45) is -3.03. The van der Waals surface area contributed by atoms with Crippen LogP contribution in [0.25, 0.3) is 22.6 Å². The molecule has 12 heteroatoms. The highest BCUT2D eigenvalue weighted by Gasteiger charge is 2.56. The Labute approximate surface area is 209 Å². The number of aliphatic hydroxyl groups is 1. The summed E-state index contributed by atoms with van der Waals surface area (Å²) in [6, 6.07) is 7.36. The first-order chi connectivity index (χ1) is 16.4. The summed E-state index contributed by atoms with van der Waals surface area (Å²) in [5.74, 6) is 0.410. The number of benzene rings is 2. The Hall–Kier alpha value is -2.11. The highest BCUT2D eigenvalue weighted by molar-refractivity contribution is 7.89. The summed E-state index contributed by atoms with van der Waals surface area (Å²) in [5.41, 5.74) is -0.0278. The van der Waals surface area contributed by atoms with Gasteiger partial charge in [-0.05, 0) is 49.1 Å². The molecular weight excluding hydrogens is 526 g/mol. The molecule has 2 bridgehead atoms. The Bertz CT molecular complexity index is 1400. The molecule has 1 saturated heterocycles. The molecule has 3 aromatic rings. The van der Waals surface area contributed by atoms with E-state index in [-0.39, 0.29) is 39.3 Å². The molecule has 2 N–H and O–H groups in total. The van der Waals surface area contributed by atoms with Crippen LogP contribution >= 0.6 is 23.2 Å². The zero-order valence-electron chi connectivity index (χ0n) is 18.2. The fourth-order valence-electron chi connectivity index (χ4n) is 5.00. The standard InChI is InChI=1S/C23H20Cl2F3N3O3S/c1-11-19-8-14(32)9-20(11)31(19)35(33,34)21-7-13(3-5-17(21)25)22-29-10-18(30-22)12-2-4-16(24)15(6-12)23(26,27)28/h2-7,10-11,14,19-20,32H,8-9H2,1H3,(H,29,30)/t11-,14-,19?,20?. The zero-order valence-corrected chi connectivity index (χ0v) is 20.5. The van der Waals surface area contributed by atoms with Crippen LogP contribution < -0.4 is 0 Å². The number of aliphatic hydroxyl groups excluding tert-OH is 1. The smallest absolute Gasteiger partial charge is 0.393 e. The van der Waals surface area contributed by atoms with Crippen molar-refractivity contribution in [2.45, 2.75) is 49.0 Å². The second-order valence-electron chi connectivity index (χ2n) is 8.94. The maximum atomic E-state index is 13.5. The zero-order chi connectivity index (χ0) is 25.3. The predicted molar refractivity (Wildman–Crippen MR) is 125 cm³/mol. The van der Waals surface area contributed by atoms with Gasteiger partial charge in [0.05, 0.1) is 33.6 Å². The lowest BCUT2D eigenvalue weighted by molar-refractivity contribution is -0.137. The lowest BCUT2D eigenvalue weighted by Crippen LogP contribution is -2.69. The summed E-state index contributed by atoms with van der Waals surface area (Å²) < 4.78 is 68.1. The van der Waals surface area contributed by atoms with Gasteiger partial charge in [0.1, 0.15) is 10.7 Å². The summed E-state index contributed by atoms with van der Waals surface area (Å²) >= 11 is 12.0. The Morgan fingerprint density at radius 2 is 1.69 bits per heavy atom. The van der Waals surface area contributed by atoms with E-state index < -0.39 is 32.9 Å². The second-order valence-corrected chi connectivity index (χ2v) is 11.6. The average molecular weight is 546 g/mol. The van der Waals surface area contributed by atoms with Crippen LogP contribution in [-0.4, -0.2) is 46.0 Å². The average Bonchev–Trinajstić information content (AvgIpc) is 3.28. The molecule has 6 nitrogen and oxygen atoms in total. The van der Waals surface area contributed by atoms with E-state index in [9.17, 15) is 26.7 Å². The first-order valence-electron chi connectivity index (χ1n) is 10.8. The summed E-state index contributed by atoms with van der Waals surface area (Å²) in [6.45, 7) is 1.97. The number of H-pyrrole nitrogens is 1. The van der Waals surface area contributed by atoms with Crippen LogP contribution in [0.5, 0.6) is 0 Å². The first-order valence-corrected chi connectivity index (χ1v) is 13.0. The van der Waals surface area contributed by atoms with Crippen molar-refractivity contribution in [1.29, 1.82) is 0 Å². The van der Waals surface area contributed by atoms with E-state index in [0.717, 1.165) is 12.1 Å². The molecule has 0 amide bonds. The van der Waals surface area contributed by atoms with E-state index >= 15 is 0 Å². The van der Waals surface area contributed by atoms with E-state index in [1.54, 1.807) is 6.07 Å². The minimum Gasteiger partial charge on any atom is -0.393 e. The van der Waals surface area contributed by atoms with Crippen molar-refractivity contribution < 1.29 is 26.7 Å². The summed E-state index contributed by atoms with van der Waals surface area (Å²) in [5, 5.41) is 9.61. The monoisotopic (exact) mass is 545 g/mol. The maximum absolute atomic E-state index is 13.5. The third-order valence-electron chi connectivity index (χ3n) is 6.81. The number of halogens is 5. The lowest BCUT2D eigenvalue weighted by atomic mass is 9.72. The van der Waals surface area contributed by atoms with E-state index in [0.29, 0.717) is 24.1 Å². The van der Waals surface area contributed by atoms with E-state index in [1.807, 2.05) is 6.92 Å². The van der Waals surface area contributed by atoms with Gasteiger partial charge in [0.2, 0.25) is 10.0 Å². The van der Waals surface area contributed by atoms with Crippen molar-refractivity contribution >= 4 is 33.2 Å². The molecule has 2 aromatic carbocycles. The Kier molecular flexibility index (Phi) is 5.96. The highest BCUT2D eigenvalue weighted by Crippen LogP contribution is 2.47. The number of hydrogen-bond donors (Lipinski definition) is 2. The quantitative estimate of drug-likeness (QED) is 0.446. The van der Waals surface area contributed by atoms with Crippen LogP contribution in [0.1, 0.15) is 25.3 Å². The molecule has 35 heavy (non-hydrogen) atoms. The fourth-order valence-corrected chi connectivity index (χ4v) is 7.72. The Balaban J connectivity index is 1.48. The largest absolute Gasteiger partial charge is 0.417 e. The molecule has 1 saturated carbocycles. The number of rotatable bonds is 4. The Morgan fingerprint density at radius 3 is 2.34 bits per heavy atom. The van der Waals surface area contributed by atoms with Gasteiger partial charge in [0.15, 0.2) is 0 Å². The van der Waals surface area contributed by atoms with E-state index in [4.69, 9.17) is 23.2 Å². The van der Waals surface area contributed by atoms with Gasteiger partial charge in [-0.15, -0.1) is 0 Å². The van der Waals surface area contributed by atoms with Crippen LogP contribution in [0.3, 0.4) is 0 Å². The van der Waals surface area contributed by atoms with Gasteiger partial charge in [-0.3, -0.25) is 0 Å². The summed E-state index contributed by atoms with van der Waals surface area (Å²) in [7, 11) is -3.94. The molecule has 2 aliphatic rings. The van der Waals surface area contributed by atoms with Gasteiger partial charge in [-0.2, -0.15) is 17.5 Å². The molecule has 2 fully saturated rings. The number of aromatic nitrogens is 2. The minimum absolute atomic E-state index is 0.0474. The highest BCUT2D eigenvalue weighted by atomic mass is 35.5. The number of hydrogen-bond acceptors (Lipinski definition) is 4. The molecule has 186 valence electrons. The number of piperidine rings is 1. The van der Waals surface area contributed by atoms with Crippen molar-refractivity contribution in [3.8, 4) is 22.6 Å². The SMILES string of the molecule is C[C@H]1C2C[C@H](O)CC1N2S(=O)(=O)c1cc(-c2ncc(-c3ccc(Cl)c(C(F)(F)F)c3)[nH]2)ccc1Cl. The summed E-state index contributed by atoms with van der Waals surface area (Å²) in [4.78, 5) is 7.10. The minimum atomic E-state index is -4.61. The maximum Gasteiger partial charge on any atom is 0.417 e. The molecule has 0 spiro atoms. The molecule has 2 heterocycles. The molecule has 1 aliphatic carbocycles. The van der Waals surface area contributed by atoms with Crippen LogP contribution in [0, 0.1) is 5.92 Å². The molecule has 1 aliphatic heterocycles. The van der Waals surface area contributed by atoms with Crippen LogP contribution in [0.2, 0.25) is 10.0 Å². The van der Waals surface area contributed by atoms with Crippen molar-refractivity contribution in [3.63, 3.8) is 0 Å². The number of imidazole rings is 1.